The Hall–Kier alpha value is -1.29. The Labute approximate surface area is 122 Å². The van der Waals surface area contributed by atoms with Gasteiger partial charge < -0.3 is 15.5 Å². The van der Waals surface area contributed by atoms with E-state index in [1.807, 2.05) is 6.20 Å². The number of nitrogens with one attached hydrogen (secondary N) is 2. The topological polar surface area (TPSA) is 40.2 Å². The first-order valence-electron chi connectivity index (χ1n) is 8.07. The predicted octanol–water partition coefficient (Wildman–Crippen LogP) is 2.48. The lowest BCUT2D eigenvalue weighted by Gasteiger charge is -2.28. The predicted molar refractivity (Wildman–Crippen MR) is 84.4 cm³/mol. The second-order valence-electron chi connectivity index (χ2n) is 6.03. The van der Waals surface area contributed by atoms with Gasteiger partial charge in [0, 0.05) is 19.6 Å². The summed E-state index contributed by atoms with van der Waals surface area (Å²) in [6.07, 6.45) is 8.53. The van der Waals surface area contributed by atoms with E-state index >= 15 is 0 Å². The Morgan fingerprint density at radius 3 is 2.65 bits per heavy atom. The first-order chi connectivity index (χ1) is 9.92. The van der Waals surface area contributed by atoms with Crippen LogP contribution in [0.2, 0.25) is 0 Å². The van der Waals surface area contributed by atoms with Crippen molar-refractivity contribution in [3.05, 3.63) is 18.3 Å². The highest BCUT2D eigenvalue weighted by Gasteiger charge is 2.13. The van der Waals surface area contributed by atoms with E-state index in [4.69, 9.17) is 0 Å². The van der Waals surface area contributed by atoms with Gasteiger partial charge in [-0.05, 0) is 63.2 Å². The number of hydrogen-bond donors (Lipinski definition) is 2. The summed E-state index contributed by atoms with van der Waals surface area (Å²) >= 11 is 0. The molecule has 1 aromatic rings. The highest BCUT2D eigenvalue weighted by molar-refractivity contribution is 5.48. The van der Waals surface area contributed by atoms with Crippen LogP contribution in [0.15, 0.2) is 18.3 Å². The van der Waals surface area contributed by atoms with Crippen molar-refractivity contribution in [3.8, 4) is 0 Å². The van der Waals surface area contributed by atoms with Gasteiger partial charge in [0.1, 0.15) is 5.82 Å². The number of piperidine rings is 2. The average Bonchev–Trinajstić information content (AvgIpc) is 2.55. The Bertz CT molecular complexity index is 391. The van der Waals surface area contributed by atoms with Crippen molar-refractivity contribution in [1.82, 2.24) is 10.3 Å². The van der Waals surface area contributed by atoms with Crippen molar-refractivity contribution in [1.29, 1.82) is 0 Å². The normalized spacial score (nSPS) is 20.9. The monoisotopic (exact) mass is 274 g/mol. The zero-order valence-corrected chi connectivity index (χ0v) is 12.3. The maximum absolute atomic E-state index is 4.62. The maximum Gasteiger partial charge on any atom is 0.128 e. The van der Waals surface area contributed by atoms with Crippen molar-refractivity contribution in [2.75, 3.05) is 42.9 Å². The highest BCUT2D eigenvalue weighted by Crippen LogP contribution is 2.19. The molecule has 0 aliphatic carbocycles. The Kier molecular flexibility index (Phi) is 4.74. The van der Waals surface area contributed by atoms with Gasteiger partial charge >= 0.3 is 0 Å². The molecule has 0 aromatic carbocycles. The van der Waals surface area contributed by atoms with Crippen molar-refractivity contribution in [2.45, 2.75) is 32.1 Å². The molecule has 4 nitrogen and oxygen atoms in total. The molecule has 2 saturated heterocycles. The molecule has 0 unspecified atom stereocenters. The van der Waals surface area contributed by atoms with Crippen molar-refractivity contribution in [3.63, 3.8) is 0 Å². The second-order valence-corrected chi connectivity index (χ2v) is 6.03. The molecule has 0 spiro atoms. The first kappa shape index (κ1) is 13.7. The number of hydrogen-bond acceptors (Lipinski definition) is 4. The SMILES string of the molecule is c1cc(N2CCCCC2)ncc1NCC1CCNCC1. The van der Waals surface area contributed by atoms with E-state index in [0.717, 1.165) is 37.1 Å². The van der Waals surface area contributed by atoms with Crippen LogP contribution in [0.5, 0.6) is 0 Å². The van der Waals surface area contributed by atoms with Gasteiger partial charge in [-0.25, -0.2) is 4.98 Å². The number of rotatable bonds is 4. The third-order valence-electron chi connectivity index (χ3n) is 4.48. The fourth-order valence-electron chi connectivity index (χ4n) is 3.15. The van der Waals surface area contributed by atoms with Gasteiger partial charge in [0.05, 0.1) is 11.9 Å². The number of anilines is 2. The maximum atomic E-state index is 4.62. The molecule has 0 saturated carbocycles. The van der Waals surface area contributed by atoms with Gasteiger partial charge in [-0.3, -0.25) is 0 Å². The summed E-state index contributed by atoms with van der Waals surface area (Å²) in [6.45, 7) is 5.73. The Morgan fingerprint density at radius 2 is 1.95 bits per heavy atom. The first-order valence-corrected chi connectivity index (χ1v) is 8.07. The van der Waals surface area contributed by atoms with Crippen LogP contribution in [-0.4, -0.2) is 37.7 Å². The smallest absolute Gasteiger partial charge is 0.128 e. The van der Waals surface area contributed by atoms with Crippen LogP contribution in [0.4, 0.5) is 11.5 Å². The largest absolute Gasteiger partial charge is 0.384 e. The van der Waals surface area contributed by atoms with Crippen molar-refractivity contribution >= 4 is 11.5 Å². The molecule has 0 amide bonds. The quantitative estimate of drug-likeness (QED) is 0.885. The van der Waals surface area contributed by atoms with E-state index in [1.165, 1.54) is 45.2 Å². The summed E-state index contributed by atoms with van der Waals surface area (Å²) in [4.78, 5) is 7.02. The van der Waals surface area contributed by atoms with Crippen LogP contribution in [0.1, 0.15) is 32.1 Å². The fourth-order valence-corrected chi connectivity index (χ4v) is 3.15. The van der Waals surface area contributed by atoms with Gasteiger partial charge in [-0.15, -0.1) is 0 Å². The van der Waals surface area contributed by atoms with Crippen LogP contribution < -0.4 is 15.5 Å². The van der Waals surface area contributed by atoms with E-state index in [2.05, 4.69) is 32.7 Å². The van der Waals surface area contributed by atoms with E-state index in [1.54, 1.807) is 0 Å². The van der Waals surface area contributed by atoms with Gasteiger partial charge in [0.25, 0.3) is 0 Å². The summed E-state index contributed by atoms with van der Waals surface area (Å²) in [7, 11) is 0. The van der Waals surface area contributed by atoms with Crippen LogP contribution in [0.25, 0.3) is 0 Å². The molecule has 20 heavy (non-hydrogen) atoms. The van der Waals surface area contributed by atoms with E-state index in [9.17, 15) is 0 Å². The van der Waals surface area contributed by atoms with Gasteiger partial charge in [-0.1, -0.05) is 0 Å². The lowest BCUT2D eigenvalue weighted by Crippen LogP contribution is -2.31. The summed E-state index contributed by atoms with van der Waals surface area (Å²) in [5.74, 6) is 1.94. The van der Waals surface area contributed by atoms with Crippen molar-refractivity contribution < 1.29 is 0 Å². The molecule has 0 radical (unpaired) electrons. The minimum atomic E-state index is 0.804. The minimum absolute atomic E-state index is 0.804. The summed E-state index contributed by atoms with van der Waals surface area (Å²) < 4.78 is 0. The van der Waals surface area contributed by atoms with Gasteiger partial charge in [-0.2, -0.15) is 0 Å². The molecule has 3 heterocycles. The molecule has 2 N–H and O–H groups in total. The van der Waals surface area contributed by atoms with Crippen LogP contribution in [0.3, 0.4) is 0 Å². The highest BCUT2D eigenvalue weighted by atomic mass is 15.2. The molecule has 2 fully saturated rings. The standard InChI is InChI=1S/C16H26N4/c1-2-10-20(11-3-1)16-5-4-15(13-19-16)18-12-14-6-8-17-9-7-14/h4-5,13-14,17-18H,1-3,6-12H2. The summed E-state index contributed by atoms with van der Waals surface area (Å²) in [5.41, 5.74) is 1.16. The molecule has 1 aromatic heterocycles. The minimum Gasteiger partial charge on any atom is -0.384 e. The van der Waals surface area contributed by atoms with Crippen molar-refractivity contribution in [2.24, 2.45) is 5.92 Å². The third kappa shape index (κ3) is 3.63. The van der Waals surface area contributed by atoms with Crippen LogP contribution in [0, 0.1) is 5.92 Å². The third-order valence-corrected chi connectivity index (χ3v) is 4.48. The van der Waals surface area contributed by atoms with E-state index in [0.29, 0.717) is 0 Å². The molecule has 110 valence electrons. The molecular weight excluding hydrogens is 248 g/mol. The van der Waals surface area contributed by atoms with E-state index in [-0.39, 0.29) is 0 Å². The molecule has 0 atom stereocenters. The second kappa shape index (κ2) is 6.93. The summed E-state index contributed by atoms with van der Waals surface area (Å²) in [6, 6.07) is 4.34. The Morgan fingerprint density at radius 1 is 1.15 bits per heavy atom. The fraction of sp³-hybridized carbons (Fsp3) is 0.688. The Balaban J connectivity index is 1.50. The van der Waals surface area contributed by atoms with Crippen LogP contribution >= 0.6 is 0 Å². The molecule has 3 rings (SSSR count). The summed E-state index contributed by atoms with van der Waals surface area (Å²) in [5, 5.41) is 6.95. The zero-order chi connectivity index (χ0) is 13.6. The molecule has 2 aliphatic rings. The molecular formula is C16H26N4. The van der Waals surface area contributed by atoms with Gasteiger partial charge in [0.15, 0.2) is 0 Å². The van der Waals surface area contributed by atoms with Gasteiger partial charge in [0.2, 0.25) is 0 Å². The van der Waals surface area contributed by atoms with Crippen LogP contribution in [-0.2, 0) is 0 Å². The number of nitrogens with zero attached hydrogens (tertiary/aromatic N) is 2. The number of pyridine rings is 1. The molecule has 0 bridgehead atoms. The lowest BCUT2D eigenvalue weighted by atomic mass is 9.98. The number of aromatic nitrogens is 1. The molecule has 2 aliphatic heterocycles. The van der Waals surface area contributed by atoms with E-state index < -0.39 is 0 Å². The molecule has 4 heteroatoms. The zero-order valence-electron chi connectivity index (χ0n) is 12.3. The average molecular weight is 274 g/mol. The lowest BCUT2D eigenvalue weighted by molar-refractivity contribution is 0.390.